The first-order valence-electron chi connectivity index (χ1n) is 5.67. The van der Waals surface area contributed by atoms with Crippen LogP contribution in [0.5, 0.6) is 0 Å². The van der Waals surface area contributed by atoms with Gasteiger partial charge in [-0.2, -0.15) is 0 Å². The van der Waals surface area contributed by atoms with E-state index in [0.717, 1.165) is 3.57 Å². The largest absolute Gasteiger partial charge is 0.420 e. The zero-order valence-electron chi connectivity index (χ0n) is 9.77. The molecule has 0 fully saturated rings. The van der Waals surface area contributed by atoms with Crippen molar-refractivity contribution in [1.29, 1.82) is 0 Å². The molecule has 0 amide bonds. The van der Waals surface area contributed by atoms with Crippen LogP contribution in [0.25, 0.3) is 11.1 Å². The summed E-state index contributed by atoms with van der Waals surface area (Å²) in [7, 11) is 0. The number of hydrogen-bond acceptors (Lipinski definition) is 2. The maximum absolute atomic E-state index is 13.6. The Morgan fingerprint density at radius 1 is 1.21 bits per heavy atom. The number of halogens is 2. The van der Waals surface area contributed by atoms with Gasteiger partial charge < -0.3 is 4.42 Å². The molecular weight excluding hydrogens is 360 g/mol. The Balaban J connectivity index is 2.13. The minimum Gasteiger partial charge on any atom is -0.408 e. The highest BCUT2D eigenvalue weighted by atomic mass is 127. The molecule has 2 aromatic carbocycles. The van der Waals surface area contributed by atoms with E-state index in [9.17, 15) is 9.18 Å². The smallest absolute Gasteiger partial charge is 0.408 e. The van der Waals surface area contributed by atoms with Crippen LogP contribution in [0.2, 0.25) is 0 Å². The van der Waals surface area contributed by atoms with Gasteiger partial charge in [-0.1, -0.05) is 18.2 Å². The van der Waals surface area contributed by atoms with Crippen molar-refractivity contribution >= 4 is 33.7 Å². The Labute approximate surface area is 121 Å². The van der Waals surface area contributed by atoms with Crippen molar-refractivity contribution in [3.63, 3.8) is 0 Å². The standard InChI is InChI=1S/C14H9FINO2/c15-11-4-2-1-3-9(11)8-17-12-6-5-10(16)7-13(12)19-14(17)18/h1-7H,8H2. The lowest BCUT2D eigenvalue weighted by molar-refractivity contribution is 0.512. The molecule has 3 nitrogen and oxygen atoms in total. The van der Waals surface area contributed by atoms with Crippen molar-refractivity contribution in [3.8, 4) is 0 Å². The van der Waals surface area contributed by atoms with E-state index in [4.69, 9.17) is 4.42 Å². The molecule has 0 aliphatic carbocycles. The monoisotopic (exact) mass is 369 g/mol. The summed E-state index contributed by atoms with van der Waals surface area (Å²) in [4.78, 5) is 11.8. The van der Waals surface area contributed by atoms with Gasteiger partial charge >= 0.3 is 5.76 Å². The SMILES string of the molecule is O=c1oc2cc(I)ccc2n1Cc1ccccc1F. The van der Waals surface area contributed by atoms with Gasteiger partial charge in [-0.25, -0.2) is 9.18 Å². The predicted molar refractivity (Wildman–Crippen MR) is 78.7 cm³/mol. The number of fused-ring (bicyclic) bond motifs is 1. The molecule has 0 atom stereocenters. The third-order valence-electron chi connectivity index (χ3n) is 2.92. The Kier molecular flexibility index (Phi) is 3.14. The third-order valence-corrected chi connectivity index (χ3v) is 3.59. The first-order valence-corrected chi connectivity index (χ1v) is 6.75. The average Bonchev–Trinajstić information content (AvgIpc) is 2.68. The lowest BCUT2D eigenvalue weighted by atomic mass is 10.2. The van der Waals surface area contributed by atoms with Gasteiger partial charge in [0.1, 0.15) is 5.82 Å². The normalized spacial score (nSPS) is 11.1. The molecule has 3 rings (SSSR count). The van der Waals surface area contributed by atoms with E-state index >= 15 is 0 Å². The van der Waals surface area contributed by atoms with E-state index in [1.165, 1.54) is 10.6 Å². The van der Waals surface area contributed by atoms with Crippen molar-refractivity contribution in [1.82, 2.24) is 4.57 Å². The maximum Gasteiger partial charge on any atom is 0.420 e. The summed E-state index contributed by atoms with van der Waals surface area (Å²) in [5.74, 6) is -0.797. The van der Waals surface area contributed by atoms with Gasteiger partial charge in [-0.15, -0.1) is 0 Å². The van der Waals surface area contributed by atoms with Crippen molar-refractivity contribution in [2.75, 3.05) is 0 Å². The molecule has 0 radical (unpaired) electrons. The van der Waals surface area contributed by atoms with E-state index in [1.54, 1.807) is 24.3 Å². The van der Waals surface area contributed by atoms with Gasteiger partial charge in [0.05, 0.1) is 12.1 Å². The number of benzene rings is 2. The fraction of sp³-hybridized carbons (Fsp3) is 0.0714. The average molecular weight is 369 g/mol. The fourth-order valence-electron chi connectivity index (χ4n) is 1.99. The quantitative estimate of drug-likeness (QED) is 0.650. The molecule has 0 spiro atoms. The van der Waals surface area contributed by atoms with Crippen molar-refractivity contribution in [2.45, 2.75) is 6.54 Å². The molecule has 5 heteroatoms. The minimum absolute atomic E-state index is 0.166. The molecule has 96 valence electrons. The van der Waals surface area contributed by atoms with Crippen molar-refractivity contribution < 1.29 is 8.81 Å². The lowest BCUT2D eigenvalue weighted by Crippen LogP contribution is -2.15. The zero-order chi connectivity index (χ0) is 13.4. The van der Waals surface area contributed by atoms with Crippen LogP contribution in [-0.4, -0.2) is 4.57 Å². The van der Waals surface area contributed by atoms with Crippen LogP contribution in [0, 0.1) is 9.39 Å². The highest BCUT2D eigenvalue weighted by Gasteiger charge is 2.11. The molecule has 0 aliphatic rings. The molecule has 3 aromatic rings. The Morgan fingerprint density at radius 2 is 2.00 bits per heavy atom. The van der Waals surface area contributed by atoms with Gasteiger partial charge in [-0.3, -0.25) is 4.57 Å². The second-order valence-corrected chi connectivity index (χ2v) is 5.40. The summed E-state index contributed by atoms with van der Waals surface area (Å²) in [5.41, 5.74) is 1.66. The van der Waals surface area contributed by atoms with Crippen molar-refractivity contribution in [2.24, 2.45) is 0 Å². The van der Waals surface area contributed by atoms with E-state index < -0.39 is 5.76 Å². The second-order valence-electron chi connectivity index (χ2n) is 4.16. The lowest BCUT2D eigenvalue weighted by Gasteiger charge is -2.03. The molecule has 0 unspecified atom stereocenters. The van der Waals surface area contributed by atoms with Crippen molar-refractivity contribution in [3.05, 3.63) is 68.0 Å². The molecule has 19 heavy (non-hydrogen) atoms. The molecule has 0 saturated heterocycles. The number of oxazole rings is 1. The van der Waals surface area contributed by atoms with Gasteiger partial charge in [0.15, 0.2) is 5.58 Å². The summed E-state index contributed by atoms with van der Waals surface area (Å²) in [5, 5.41) is 0. The maximum atomic E-state index is 13.6. The van der Waals surface area contributed by atoms with Crippen LogP contribution in [0.3, 0.4) is 0 Å². The minimum atomic E-state index is -0.472. The zero-order valence-corrected chi connectivity index (χ0v) is 11.9. The van der Waals surface area contributed by atoms with E-state index in [0.29, 0.717) is 16.7 Å². The summed E-state index contributed by atoms with van der Waals surface area (Å²) >= 11 is 2.15. The third kappa shape index (κ3) is 2.30. The van der Waals surface area contributed by atoms with E-state index in [1.807, 2.05) is 12.1 Å². The van der Waals surface area contributed by atoms with Gasteiger partial charge in [0, 0.05) is 9.13 Å². The number of aromatic nitrogens is 1. The van der Waals surface area contributed by atoms with Crippen LogP contribution >= 0.6 is 22.6 Å². The summed E-state index contributed by atoms with van der Waals surface area (Å²) in [6, 6.07) is 11.9. The predicted octanol–water partition coefficient (Wildman–Crippen LogP) is 3.39. The Bertz CT molecular complexity index is 807. The first-order chi connectivity index (χ1) is 9.15. The molecule has 0 aliphatic heterocycles. The van der Waals surface area contributed by atoms with Crippen LogP contribution in [0.4, 0.5) is 4.39 Å². The Hall–Kier alpha value is -1.63. The summed E-state index contributed by atoms with van der Waals surface area (Å²) in [6.45, 7) is 0.166. The highest BCUT2D eigenvalue weighted by Crippen LogP contribution is 2.18. The molecular formula is C14H9FINO2. The van der Waals surface area contributed by atoms with Gasteiger partial charge in [0.25, 0.3) is 0 Å². The second kappa shape index (κ2) is 4.80. The van der Waals surface area contributed by atoms with E-state index in [-0.39, 0.29) is 12.4 Å². The van der Waals surface area contributed by atoms with Crippen LogP contribution in [0.15, 0.2) is 51.7 Å². The first kappa shape index (κ1) is 12.4. The number of rotatable bonds is 2. The molecule has 0 N–H and O–H groups in total. The highest BCUT2D eigenvalue weighted by molar-refractivity contribution is 14.1. The Morgan fingerprint density at radius 3 is 2.79 bits per heavy atom. The van der Waals surface area contributed by atoms with Crippen LogP contribution in [0.1, 0.15) is 5.56 Å². The fourth-order valence-corrected chi connectivity index (χ4v) is 2.45. The molecule has 1 heterocycles. The van der Waals surface area contributed by atoms with E-state index in [2.05, 4.69) is 22.6 Å². The molecule has 0 bridgehead atoms. The van der Waals surface area contributed by atoms with Crippen LogP contribution < -0.4 is 5.76 Å². The number of nitrogens with zero attached hydrogens (tertiary/aromatic N) is 1. The molecule has 1 aromatic heterocycles. The van der Waals surface area contributed by atoms with Gasteiger partial charge in [0.2, 0.25) is 0 Å². The van der Waals surface area contributed by atoms with Crippen LogP contribution in [-0.2, 0) is 6.54 Å². The summed E-state index contributed by atoms with van der Waals surface area (Å²) < 4.78 is 21.2. The van der Waals surface area contributed by atoms with Gasteiger partial charge in [-0.05, 0) is 46.9 Å². The topological polar surface area (TPSA) is 35.1 Å². The number of hydrogen-bond donors (Lipinski definition) is 0. The molecule has 0 saturated carbocycles. The summed E-state index contributed by atoms with van der Waals surface area (Å²) in [6.07, 6.45) is 0.